The van der Waals surface area contributed by atoms with Gasteiger partial charge < -0.3 is 9.52 Å². The van der Waals surface area contributed by atoms with Crippen LogP contribution >= 0.6 is 11.8 Å². The Balaban J connectivity index is 1.95. The number of aromatic nitrogens is 1. The minimum Gasteiger partial charge on any atom is -0.481 e. The number of carboxylic acid groups (broad SMARTS) is 1. The molecule has 0 aliphatic carbocycles. The van der Waals surface area contributed by atoms with Crippen molar-refractivity contribution in [2.45, 2.75) is 31.3 Å². The molecule has 5 heteroatoms. The van der Waals surface area contributed by atoms with Crippen molar-refractivity contribution in [3.63, 3.8) is 0 Å². The molecule has 1 atom stereocenters. The van der Waals surface area contributed by atoms with Crippen LogP contribution in [0.4, 0.5) is 0 Å². The van der Waals surface area contributed by atoms with Gasteiger partial charge in [0.25, 0.3) is 0 Å². The summed E-state index contributed by atoms with van der Waals surface area (Å²) >= 11 is 1.57. The number of oxazole rings is 1. The number of aliphatic carboxylic acids is 1. The van der Waals surface area contributed by atoms with Crippen molar-refractivity contribution in [1.29, 1.82) is 0 Å². The van der Waals surface area contributed by atoms with Gasteiger partial charge in [0, 0.05) is 16.6 Å². The molecule has 1 aromatic heterocycles. The van der Waals surface area contributed by atoms with Crippen LogP contribution in [0.2, 0.25) is 0 Å². The number of hydrogen-bond acceptors (Lipinski definition) is 4. The first-order valence-corrected chi connectivity index (χ1v) is 7.44. The Bertz CT molecular complexity index is 577. The second kappa shape index (κ2) is 6.61. The first-order chi connectivity index (χ1) is 9.54. The molecular weight excluding hydrogens is 274 g/mol. The highest BCUT2D eigenvalue weighted by Gasteiger charge is 2.11. The normalized spacial score (nSPS) is 12.3. The molecule has 1 unspecified atom stereocenters. The Morgan fingerprint density at radius 1 is 1.40 bits per heavy atom. The third-order valence-corrected chi connectivity index (χ3v) is 4.03. The number of carboxylic acids is 1. The zero-order valence-corrected chi connectivity index (χ0v) is 12.3. The van der Waals surface area contributed by atoms with E-state index in [1.165, 1.54) is 5.56 Å². The van der Waals surface area contributed by atoms with Gasteiger partial charge in [0.1, 0.15) is 6.26 Å². The summed E-state index contributed by atoms with van der Waals surface area (Å²) in [6, 6.07) is 7.99. The maximum absolute atomic E-state index is 10.6. The van der Waals surface area contributed by atoms with E-state index in [2.05, 4.69) is 4.98 Å². The summed E-state index contributed by atoms with van der Waals surface area (Å²) in [5.74, 6) is 0.487. The van der Waals surface area contributed by atoms with E-state index in [-0.39, 0.29) is 11.7 Å². The number of hydrogen-bond donors (Lipinski definition) is 1. The first kappa shape index (κ1) is 14.7. The number of benzene rings is 1. The molecule has 0 aliphatic heterocycles. The molecule has 1 N–H and O–H groups in total. The van der Waals surface area contributed by atoms with Crippen LogP contribution in [0.15, 0.2) is 34.9 Å². The van der Waals surface area contributed by atoms with E-state index in [9.17, 15) is 4.79 Å². The second-order valence-corrected chi connectivity index (χ2v) is 6.16. The molecule has 0 bridgehead atoms. The van der Waals surface area contributed by atoms with Crippen LogP contribution in [0.25, 0.3) is 11.5 Å². The summed E-state index contributed by atoms with van der Waals surface area (Å²) in [6.45, 7) is 3.94. The summed E-state index contributed by atoms with van der Waals surface area (Å²) in [6.07, 6.45) is 1.79. The van der Waals surface area contributed by atoms with Crippen molar-refractivity contribution in [1.82, 2.24) is 4.98 Å². The summed E-state index contributed by atoms with van der Waals surface area (Å²) in [5, 5.41) is 8.77. The van der Waals surface area contributed by atoms with Crippen molar-refractivity contribution in [3.05, 3.63) is 41.8 Å². The minimum absolute atomic E-state index is 0.0621. The lowest BCUT2D eigenvalue weighted by atomic mass is 10.1. The highest BCUT2D eigenvalue weighted by molar-refractivity contribution is 7.99. The molecule has 106 valence electrons. The second-order valence-electron chi connectivity index (χ2n) is 4.73. The first-order valence-electron chi connectivity index (χ1n) is 6.39. The number of thioether (sulfide) groups is 1. The molecule has 1 aromatic carbocycles. The summed E-state index contributed by atoms with van der Waals surface area (Å²) in [5.41, 5.74) is 2.98. The van der Waals surface area contributed by atoms with E-state index in [1.807, 2.05) is 38.1 Å². The fraction of sp³-hybridized carbons (Fsp3) is 0.333. The summed E-state index contributed by atoms with van der Waals surface area (Å²) in [7, 11) is 0. The number of nitrogens with zero attached hydrogens (tertiary/aromatic N) is 1. The van der Waals surface area contributed by atoms with E-state index in [1.54, 1.807) is 18.0 Å². The highest BCUT2D eigenvalue weighted by atomic mass is 32.2. The predicted octanol–water partition coefficient (Wildman–Crippen LogP) is 3.75. The zero-order valence-electron chi connectivity index (χ0n) is 11.5. The Morgan fingerprint density at radius 2 is 2.10 bits per heavy atom. The van der Waals surface area contributed by atoms with Gasteiger partial charge in [0.05, 0.1) is 12.1 Å². The molecular formula is C15H17NO3S. The van der Waals surface area contributed by atoms with Crippen LogP contribution in [0.5, 0.6) is 0 Å². The largest absolute Gasteiger partial charge is 0.481 e. The van der Waals surface area contributed by atoms with Gasteiger partial charge in [-0.1, -0.05) is 24.6 Å². The van der Waals surface area contributed by atoms with Crippen molar-refractivity contribution in [2.75, 3.05) is 0 Å². The van der Waals surface area contributed by atoms with Crippen LogP contribution in [-0.4, -0.2) is 21.3 Å². The SMILES string of the molecule is Cc1ccc(-c2nc(CSC(C)CC(=O)O)co2)cc1. The molecule has 20 heavy (non-hydrogen) atoms. The monoisotopic (exact) mass is 291 g/mol. The lowest BCUT2D eigenvalue weighted by molar-refractivity contribution is -0.136. The molecule has 0 fully saturated rings. The average molecular weight is 291 g/mol. The fourth-order valence-electron chi connectivity index (χ4n) is 1.73. The quantitative estimate of drug-likeness (QED) is 0.878. The van der Waals surface area contributed by atoms with Gasteiger partial charge >= 0.3 is 5.97 Å². The van der Waals surface area contributed by atoms with Crippen molar-refractivity contribution in [3.8, 4) is 11.5 Å². The van der Waals surface area contributed by atoms with Crippen molar-refractivity contribution < 1.29 is 14.3 Å². The Hall–Kier alpha value is -1.75. The Labute approximate surface area is 122 Å². The van der Waals surface area contributed by atoms with Gasteiger partial charge in [-0.3, -0.25) is 4.79 Å². The van der Waals surface area contributed by atoms with E-state index in [4.69, 9.17) is 9.52 Å². The van der Waals surface area contributed by atoms with Gasteiger partial charge in [-0.15, -0.1) is 0 Å². The van der Waals surface area contributed by atoms with Gasteiger partial charge in [-0.25, -0.2) is 4.98 Å². The highest BCUT2D eigenvalue weighted by Crippen LogP contribution is 2.23. The Kier molecular flexibility index (Phi) is 4.84. The maximum Gasteiger partial charge on any atom is 0.304 e. The van der Waals surface area contributed by atoms with Gasteiger partial charge in [0.15, 0.2) is 0 Å². The molecule has 0 aliphatic rings. The molecule has 2 rings (SSSR count). The smallest absolute Gasteiger partial charge is 0.304 e. The lowest BCUT2D eigenvalue weighted by Gasteiger charge is -2.05. The van der Waals surface area contributed by atoms with E-state index >= 15 is 0 Å². The lowest BCUT2D eigenvalue weighted by Crippen LogP contribution is -2.05. The van der Waals surface area contributed by atoms with E-state index in [0.717, 1.165) is 11.3 Å². The predicted molar refractivity (Wildman–Crippen MR) is 79.7 cm³/mol. The van der Waals surface area contributed by atoms with Crippen molar-refractivity contribution in [2.24, 2.45) is 0 Å². The van der Waals surface area contributed by atoms with Crippen LogP contribution in [-0.2, 0) is 10.5 Å². The summed E-state index contributed by atoms with van der Waals surface area (Å²) in [4.78, 5) is 15.0. The van der Waals surface area contributed by atoms with Gasteiger partial charge in [-0.2, -0.15) is 11.8 Å². The molecule has 0 saturated heterocycles. The van der Waals surface area contributed by atoms with E-state index < -0.39 is 5.97 Å². The molecule has 0 radical (unpaired) electrons. The van der Waals surface area contributed by atoms with Crippen LogP contribution in [0.1, 0.15) is 24.6 Å². The molecule has 1 heterocycles. The van der Waals surface area contributed by atoms with Gasteiger partial charge in [-0.05, 0) is 19.1 Å². The topological polar surface area (TPSA) is 63.3 Å². The molecule has 0 spiro atoms. The molecule has 0 amide bonds. The molecule has 0 saturated carbocycles. The molecule has 2 aromatic rings. The average Bonchev–Trinajstić information content (AvgIpc) is 2.85. The van der Waals surface area contributed by atoms with Gasteiger partial charge in [0.2, 0.25) is 5.89 Å². The fourth-order valence-corrected chi connectivity index (χ4v) is 2.58. The number of carbonyl (C=O) groups is 1. The zero-order chi connectivity index (χ0) is 14.5. The third kappa shape index (κ3) is 4.13. The van der Waals surface area contributed by atoms with Crippen LogP contribution in [0.3, 0.4) is 0 Å². The number of rotatable bonds is 6. The summed E-state index contributed by atoms with van der Waals surface area (Å²) < 4.78 is 5.46. The maximum atomic E-state index is 10.6. The third-order valence-electron chi connectivity index (χ3n) is 2.83. The number of aryl methyl sites for hydroxylation is 1. The van der Waals surface area contributed by atoms with E-state index in [0.29, 0.717) is 11.6 Å². The van der Waals surface area contributed by atoms with Crippen molar-refractivity contribution >= 4 is 17.7 Å². The van der Waals surface area contributed by atoms with Crippen LogP contribution < -0.4 is 0 Å². The Morgan fingerprint density at radius 3 is 2.75 bits per heavy atom. The molecule has 4 nitrogen and oxygen atoms in total. The van der Waals surface area contributed by atoms with Crippen LogP contribution in [0, 0.1) is 6.92 Å². The minimum atomic E-state index is -0.773. The standard InChI is InChI=1S/C15H17NO3S/c1-10-3-5-12(6-4-10)15-16-13(8-19-15)9-20-11(2)7-14(17)18/h3-6,8,11H,7,9H2,1-2H3,(H,17,18).